The predicted octanol–water partition coefficient (Wildman–Crippen LogP) is 3.01. The van der Waals surface area contributed by atoms with Crippen molar-refractivity contribution in [2.45, 2.75) is 13.2 Å². The molecule has 3 heteroatoms. The fourth-order valence-electron chi connectivity index (χ4n) is 1.87. The van der Waals surface area contributed by atoms with E-state index in [0.717, 1.165) is 16.7 Å². The highest BCUT2D eigenvalue weighted by Gasteiger charge is 2.15. The van der Waals surface area contributed by atoms with Crippen molar-refractivity contribution < 1.29 is 9.53 Å². The van der Waals surface area contributed by atoms with Gasteiger partial charge in [0.25, 0.3) is 0 Å². The molecule has 0 atom stereocenters. The molecule has 0 bridgehead atoms. The largest absolute Gasteiger partial charge is 0.372 e. The minimum atomic E-state index is 0.0935. The zero-order chi connectivity index (χ0) is 11.0. The van der Waals surface area contributed by atoms with Gasteiger partial charge >= 0.3 is 0 Å². The van der Waals surface area contributed by atoms with E-state index in [1.165, 1.54) is 5.56 Å². The molecule has 0 N–H and O–H groups in total. The fraction of sp³-hybridized carbons (Fsp3) is 0.154. The van der Waals surface area contributed by atoms with Crippen LogP contribution < -0.4 is 0 Å². The molecule has 0 aliphatic carbocycles. The summed E-state index contributed by atoms with van der Waals surface area (Å²) in [6, 6.07) is 7.68. The first-order chi connectivity index (χ1) is 7.84. The smallest absolute Gasteiger partial charge is 0.193 e. The summed E-state index contributed by atoms with van der Waals surface area (Å²) < 4.78 is 5.33. The number of carbonyl (C=O) groups is 1. The second-order valence-corrected chi connectivity index (χ2v) is 4.60. The molecule has 1 aromatic carbocycles. The predicted molar refractivity (Wildman–Crippen MR) is 62.7 cm³/mol. The third kappa shape index (κ3) is 1.58. The number of fused-ring (bicyclic) bond motifs is 1. The van der Waals surface area contributed by atoms with Crippen LogP contribution in [0.25, 0.3) is 0 Å². The highest BCUT2D eigenvalue weighted by molar-refractivity contribution is 7.08. The lowest BCUT2D eigenvalue weighted by Gasteiger charge is -2.01. The molecule has 1 aromatic heterocycles. The summed E-state index contributed by atoms with van der Waals surface area (Å²) in [5.74, 6) is 0.0935. The molecule has 0 saturated heterocycles. The highest BCUT2D eigenvalue weighted by atomic mass is 32.1. The maximum Gasteiger partial charge on any atom is 0.193 e. The Labute approximate surface area is 97.5 Å². The molecule has 3 rings (SSSR count). The van der Waals surface area contributed by atoms with Crippen LogP contribution in [0.15, 0.2) is 35.0 Å². The van der Waals surface area contributed by atoms with Gasteiger partial charge in [0.15, 0.2) is 5.78 Å². The van der Waals surface area contributed by atoms with E-state index in [4.69, 9.17) is 4.74 Å². The molecule has 2 heterocycles. The number of hydrogen-bond donors (Lipinski definition) is 0. The number of ether oxygens (including phenoxy) is 1. The molecule has 1 aliphatic rings. The second-order valence-electron chi connectivity index (χ2n) is 3.82. The molecule has 2 nitrogen and oxygen atoms in total. The number of ketones is 1. The zero-order valence-corrected chi connectivity index (χ0v) is 9.42. The van der Waals surface area contributed by atoms with E-state index >= 15 is 0 Å². The summed E-state index contributed by atoms with van der Waals surface area (Å²) in [5.41, 5.74) is 3.86. The van der Waals surface area contributed by atoms with Crippen LogP contribution in [0, 0.1) is 0 Å². The Morgan fingerprint density at radius 3 is 2.81 bits per heavy atom. The van der Waals surface area contributed by atoms with Crippen molar-refractivity contribution in [1.29, 1.82) is 0 Å². The van der Waals surface area contributed by atoms with Crippen molar-refractivity contribution in [3.8, 4) is 0 Å². The van der Waals surface area contributed by atoms with Crippen LogP contribution >= 0.6 is 11.3 Å². The fourth-order valence-corrected chi connectivity index (χ4v) is 2.51. The van der Waals surface area contributed by atoms with Crippen molar-refractivity contribution >= 4 is 17.1 Å². The molecule has 2 aromatic rings. The van der Waals surface area contributed by atoms with Gasteiger partial charge in [-0.2, -0.15) is 11.3 Å². The maximum absolute atomic E-state index is 12.1. The van der Waals surface area contributed by atoms with Crippen LogP contribution in [-0.4, -0.2) is 5.78 Å². The zero-order valence-electron chi connectivity index (χ0n) is 8.60. The quantitative estimate of drug-likeness (QED) is 0.741. The van der Waals surface area contributed by atoms with Gasteiger partial charge in [0, 0.05) is 16.5 Å². The lowest BCUT2D eigenvalue weighted by atomic mass is 10.0. The molecule has 0 fully saturated rings. The van der Waals surface area contributed by atoms with Gasteiger partial charge in [-0.25, -0.2) is 0 Å². The van der Waals surface area contributed by atoms with Crippen LogP contribution in [0.5, 0.6) is 0 Å². The van der Waals surface area contributed by atoms with Gasteiger partial charge in [-0.1, -0.05) is 12.1 Å². The van der Waals surface area contributed by atoms with Gasteiger partial charge < -0.3 is 4.74 Å². The minimum absolute atomic E-state index is 0.0935. The SMILES string of the molecule is O=C(c1ccsc1)c1ccc2c(c1)COC2. The normalized spacial score (nSPS) is 13.8. The second kappa shape index (κ2) is 3.85. The van der Waals surface area contributed by atoms with E-state index in [1.54, 1.807) is 11.3 Å². The summed E-state index contributed by atoms with van der Waals surface area (Å²) >= 11 is 1.54. The van der Waals surface area contributed by atoms with Crippen LogP contribution in [-0.2, 0) is 18.0 Å². The molecular weight excluding hydrogens is 220 g/mol. The monoisotopic (exact) mass is 230 g/mol. The lowest BCUT2D eigenvalue weighted by Crippen LogP contribution is -2.00. The topological polar surface area (TPSA) is 26.3 Å². The number of benzene rings is 1. The van der Waals surface area contributed by atoms with Crippen LogP contribution in [0.1, 0.15) is 27.0 Å². The van der Waals surface area contributed by atoms with Crippen LogP contribution in [0.3, 0.4) is 0 Å². The van der Waals surface area contributed by atoms with Crippen molar-refractivity contribution in [3.05, 3.63) is 57.3 Å². The van der Waals surface area contributed by atoms with Crippen molar-refractivity contribution in [3.63, 3.8) is 0 Å². The Morgan fingerprint density at radius 2 is 2.00 bits per heavy atom. The third-order valence-electron chi connectivity index (χ3n) is 2.77. The number of carbonyl (C=O) groups excluding carboxylic acids is 1. The van der Waals surface area contributed by atoms with E-state index in [9.17, 15) is 4.79 Å². The number of rotatable bonds is 2. The molecule has 0 spiro atoms. The van der Waals surface area contributed by atoms with E-state index in [1.807, 2.05) is 35.0 Å². The van der Waals surface area contributed by atoms with E-state index in [-0.39, 0.29) is 5.78 Å². The average molecular weight is 230 g/mol. The van der Waals surface area contributed by atoms with Crippen molar-refractivity contribution in [1.82, 2.24) is 0 Å². The Hall–Kier alpha value is -1.45. The van der Waals surface area contributed by atoms with Crippen LogP contribution in [0.2, 0.25) is 0 Å². The van der Waals surface area contributed by atoms with Crippen molar-refractivity contribution in [2.75, 3.05) is 0 Å². The molecule has 0 saturated carbocycles. The number of hydrogen-bond acceptors (Lipinski definition) is 3. The Kier molecular flexibility index (Phi) is 2.35. The number of thiophene rings is 1. The van der Waals surface area contributed by atoms with Gasteiger partial charge in [0.2, 0.25) is 0 Å². The lowest BCUT2D eigenvalue weighted by molar-refractivity contribution is 0.103. The molecule has 1 aliphatic heterocycles. The summed E-state index contributed by atoms with van der Waals surface area (Å²) in [6.07, 6.45) is 0. The van der Waals surface area contributed by atoms with E-state index < -0.39 is 0 Å². The Balaban J connectivity index is 1.99. The maximum atomic E-state index is 12.1. The molecule has 80 valence electrons. The standard InChI is InChI=1S/C13H10O2S/c14-13(11-3-4-16-8-11)9-1-2-10-6-15-7-12(10)5-9/h1-5,8H,6-7H2. The Bertz CT molecular complexity index is 529. The minimum Gasteiger partial charge on any atom is -0.372 e. The molecule has 0 unspecified atom stereocenters. The van der Waals surface area contributed by atoms with Crippen molar-refractivity contribution in [2.24, 2.45) is 0 Å². The van der Waals surface area contributed by atoms with Gasteiger partial charge in [-0.3, -0.25) is 4.79 Å². The van der Waals surface area contributed by atoms with E-state index in [2.05, 4.69) is 0 Å². The van der Waals surface area contributed by atoms with Gasteiger partial charge in [-0.05, 0) is 28.6 Å². The summed E-state index contributed by atoms with van der Waals surface area (Å²) in [4.78, 5) is 12.1. The highest BCUT2D eigenvalue weighted by Crippen LogP contribution is 2.22. The van der Waals surface area contributed by atoms with Gasteiger partial charge in [0.1, 0.15) is 0 Å². The Morgan fingerprint density at radius 1 is 1.12 bits per heavy atom. The molecule has 16 heavy (non-hydrogen) atoms. The molecule has 0 radical (unpaired) electrons. The first kappa shape index (κ1) is 9.75. The molecule has 0 amide bonds. The summed E-state index contributed by atoms with van der Waals surface area (Å²) in [5, 5.41) is 3.80. The first-order valence-electron chi connectivity index (χ1n) is 5.11. The molecular formula is C13H10O2S. The van der Waals surface area contributed by atoms with Gasteiger partial charge in [-0.15, -0.1) is 0 Å². The van der Waals surface area contributed by atoms with E-state index in [0.29, 0.717) is 13.2 Å². The first-order valence-corrected chi connectivity index (χ1v) is 6.05. The van der Waals surface area contributed by atoms with Crippen LogP contribution in [0.4, 0.5) is 0 Å². The van der Waals surface area contributed by atoms with Gasteiger partial charge in [0.05, 0.1) is 13.2 Å². The third-order valence-corrected chi connectivity index (χ3v) is 3.45. The summed E-state index contributed by atoms with van der Waals surface area (Å²) in [7, 11) is 0. The summed E-state index contributed by atoms with van der Waals surface area (Å²) in [6.45, 7) is 1.29. The average Bonchev–Trinajstić information content (AvgIpc) is 2.98.